The number of anilines is 3. The number of amides is 2. The Labute approximate surface area is 223 Å². The molecule has 1 saturated heterocycles. The van der Waals surface area contributed by atoms with Gasteiger partial charge in [-0.2, -0.15) is 0 Å². The van der Waals surface area contributed by atoms with E-state index < -0.39 is 0 Å². The van der Waals surface area contributed by atoms with E-state index in [9.17, 15) is 9.59 Å². The zero-order valence-electron chi connectivity index (χ0n) is 21.0. The standard InChI is InChI=1S/C26H29N7O2S2/c1-16(2)29-21-12-24(30-18-5-6-20-23(11-18)37-15-28-20)27-13-19(21)25-31-22(14-36-25)26(35)33-8-4-7-32(9-10-33)17(3)34/h5-6,11-16H,4,7-10H2,1-3H3,(H2,27,29,30). The maximum Gasteiger partial charge on any atom is 0.273 e. The van der Waals surface area contributed by atoms with Gasteiger partial charge in [-0.1, -0.05) is 0 Å². The first-order valence-corrected chi connectivity index (χ1v) is 14.0. The summed E-state index contributed by atoms with van der Waals surface area (Å²) < 4.78 is 1.11. The molecule has 0 saturated carbocycles. The van der Waals surface area contributed by atoms with Gasteiger partial charge in [-0.15, -0.1) is 22.7 Å². The molecular weight excluding hydrogens is 506 g/mol. The average molecular weight is 536 g/mol. The van der Waals surface area contributed by atoms with E-state index in [-0.39, 0.29) is 17.9 Å². The fourth-order valence-electron chi connectivity index (χ4n) is 4.30. The Kier molecular flexibility index (Phi) is 7.33. The second-order valence-electron chi connectivity index (χ2n) is 9.26. The number of benzene rings is 1. The number of nitrogens with one attached hydrogen (secondary N) is 2. The fraction of sp³-hybridized carbons (Fsp3) is 0.346. The highest BCUT2D eigenvalue weighted by Crippen LogP contribution is 2.33. The van der Waals surface area contributed by atoms with E-state index in [4.69, 9.17) is 4.98 Å². The number of carbonyl (C=O) groups is 2. The van der Waals surface area contributed by atoms with Gasteiger partial charge in [-0.25, -0.2) is 15.0 Å². The van der Waals surface area contributed by atoms with Crippen LogP contribution in [0.2, 0.25) is 0 Å². The van der Waals surface area contributed by atoms with E-state index in [0.717, 1.165) is 38.6 Å². The number of nitrogens with zero attached hydrogens (tertiary/aromatic N) is 5. The number of carbonyl (C=O) groups excluding carboxylic acids is 2. The van der Waals surface area contributed by atoms with Crippen LogP contribution in [-0.4, -0.2) is 68.8 Å². The molecule has 2 amide bonds. The Morgan fingerprint density at radius 1 is 1.03 bits per heavy atom. The van der Waals surface area contributed by atoms with Crippen LogP contribution in [0.4, 0.5) is 17.2 Å². The van der Waals surface area contributed by atoms with E-state index in [1.165, 1.54) is 11.3 Å². The van der Waals surface area contributed by atoms with E-state index in [0.29, 0.717) is 37.7 Å². The first-order valence-electron chi connectivity index (χ1n) is 12.2. The lowest BCUT2D eigenvalue weighted by atomic mass is 10.2. The van der Waals surface area contributed by atoms with Crippen molar-refractivity contribution in [1.82, 2.24) is 24.8 Å². The van der Waals surface area contributed by atoms with Crippen LogP contribution >= 0.6 is 22.7 Å². The predicted octanol–water partition coefficient (Wildman–Crippen LogP) is 5.07. The second kappa shape index (κ2) is 10.8. The van der Waals surface area contributed by atoms with Crippen LogP contribution in [0.15, 0.2) is 41.4 Å². The van der Waals surface area contributed by atoms with Crippen molar-refractivity contribution < 1.29 is 9.59 Å². The minimum atomic E-state index is -0.101. The lowest BCUT2D eigenvalue weighted by Gasteiger charge is -2.20. The molecule has 2 N–H and O–H groups in total. The number of pyridine rings is 1. The molecule has 9 nitrogen and oxygen atoms in total. The molecule has 0 radical (unpaired) electrons. The summed E-state index contributed by atoms with van der Waals surface area (Å²) in [7, 11) is 0. The van der Waals surface area contributed by atoms with Gasteiger partial charge in [0, 0.05) is 68.2 Å². The number of rotatable bonds is 6. The monoisotopic (exact) mass is 535 g/mol. The minimum Gasteiger partial charge on any atom is -0.382 e. The number of hydrogen-bond donors (Lipinski definition) is 2. The fourth-order valence-corrected chi connectivity index (χ4v) is 5.83. The summed E-state index contributed by atoms with van der Waals surface area (Å²) in [5, 5.41) is 9.42. The number of aromatic nitrogens is 3. The van der Waals surface area contributed by atoms with Crippen LogP contribution in [0.25, 0.3) is 20.8 Å². The zero-order chi connectivity index (χ0) is 25.9. The summed E-state index contributed by atoms with van der Waals surface area (Å²) in [5.41, 5.74) is 5.92. The molecule has 4 heterocycles. The molecule has 1 aromatic carbocycles. The summed E-state index contributed by atoms with van der Waals surface area (Å²) in [5.74, 6) is 0.657. The number of thiazole rings is 2. The van der Waals surface area contributed by atoms with Crippen molar-refractivity contribution in [3.05, 3.63) is 47.0 Å². The smallest absolute Gasteiger partial charge is 0.273 e. The van der Waals surface area contributed by atoms with Crippen molar-refractivity contribution in [3.8, 4) is 10.6 Å². The maximum atomic E-state index is 13.2. The molecule has 1 fully saturated rings. The highest BCUT2D eigenvalue weighted by atomic mass is 32.1. The van der Waals surface area contributed by atoms with Crippen molar-refractivity contribution in [1.29, 1.82) is 0 Å². The molecule has 0 unspecified atom stereocenters. The quantitative estimate of drug-likeness (QED) is 0.355. The molecule has 3 aromatic heterocycles. The van der Waals surface area contributed by atoms with Crippen molar-refractivity contribution in [2.24, 2.45) is 0 Å². The highest BCUT2D eigenvalue weighted by molar-refractivity contribution is 7.16. The third kappa shape index (κ3) is 5.72. The lowest BCUT2D eigenvalue weighted by Crippen LogP contribution is -2.36. The van der Waals surface area contributed by atoms with Crippen molar-refractivity contribution in [2.45, 2.75) is 33.2 Å². The molecule has 1 aliphatic rings. The molecule has 37 heavy (non-hydrogen) atoms. The van der Waals surface area contributed by atoms with Gasteiger partial charge < -0.3 is 20.4 Å². The minimum absolute atomic E-state index is 0.0462. The van der Waals surface area contributed by atoms with E-state index in [2.05, 4.69) is 40.5 Å². The van der Waals surface area contributed by atoms with Gasteiger partial charge in [-0.3, -0.25) is 9.59 Å². The van der Waals surface area contributed by atoms with Gasteiger partial charge in [0.2, 0.25) is 5.91 Å². The Morgan fingerprint density at radius 3 is 2.65 bits per heavy atom. The molecule has 192 valence electrons. The van der Waals surface area contributed by atoms with E-state index in [1.54, 1.807) is 39.6 Å². The SMILES string of the molecule is CC(=O)N1CCCN(C(=O)c2csc(-c3cnc(Nc4ccc5ncsc5c4)cc3NC(C)C)n2)CC1. The molecule has 0 aliphatic carbocycles. The molecule has 11 heteroatoms. The van der Waals surface area contributed by atoms with Crippen LogP contribution in [0.3, 0.4) is 0 Å². The van der Waals surface area contributed by atoms with Crippen LogP contribution in [-0.2, 0) is 4.79 Å². The van der Waals surface area contributed by atoms with Gasteiger partial charge in [0.1, 0.15) is 16.5 Å². The van der Waals surface area contributed by atoms with Crippen LogP contribution < -0.4 is 10.6 Å². The summed E-state index contributed by atoms with van der Waals surface area (Å²) in [6.45, 7) is 8.09. The Hall–Kier alpha value is -3.57. The molecule has 5 rings (SSSR count). The average Bonchev–Trinajstić information content (AvgIpc) is 3.47. The third-order valence-electron chi connectivity index (χ3n) is 6.13. The van der Waals surface area contributed by atoms with Gasteiger partial charge in [0.25, 0.3) is 5.91 Å². The molecular formula is C26H29N7O2S2. The topological polar surface area (TPSA) is 103 Å². The van der Waals surface area contributed by atoms with Gasteiger partial charge in [-0.05, 0) is 38.5 Å². The van der Waals surface area contributed by atoms with E-state index in [1.807, 2.05) is 23.7 Å². The van der Waals surface area contributed by atoms with Crippen LogP contribution in [0.5, 0.6) is 0 Å². The van der Waals surface area contributed by atoms with Crippen molar-refractivity contribution in [2.75, 3.05) is 36.8 Å². The summed E-state index contributed by atoms with van der Waals surface area (Å²) >= 11 is 3.03. The lowest BCUT2D eigenvalue weighted by molar-refractivity contribution is -0.128. The Balaban J connectivity index is 1.36. The van der Waals surface area contributed by atoms with Crippen molar-refractivity contribution >= 4 is 61.9 Å². The third-order valence-corrected chi connectivity index (χ3v) is 7.80. The van der Waals surface area contributed by atoms with Crippen molar-refractivity contribution in [3.63, 3.8) is 0 Å². The molecule has 4 aromatic rings. The normalized spacial score (nSPS) is 14.2. The largest absolute Gasteiger partial charge is 0.382 e. The molecule has 0 spiro atoms. The van der Waals surface area contributed by atoms with E-state index >= 15 is 0 Å². The van der Waals surface area contributed by atoms with Crippen LogP contribution in [0.1, 0.15) is 37.7 Å². The summed E-state index contributed by atoms with van der Waals surface area (Å²) in [6, 6.07) is 8.22. The van der Waals surface area contributed by atoms with Gasteiger partial charge >= 0.3 is 0 Å². The first kappa shape index (κ1) is 25.1. The zero-order valence-corrected chi connectivity index (χ0v) is 22.7. The molecule has 1 aliphatic heterocycles. The Bertz CT molecular complexity index is 1430. The van der Waals surface area contributed by atoms with Gasteiger partial charge in [0.15, 0.2) is 0 Å². The first-order chi connectivity index (χ1) is 17.9. The summed E-state index contributed by atoms with van der Waals surface area (Å²) in [4.78, 5) is 42.2. The Morgan fingerprint density at radius 2 is 1.84 bits per heavy atom. The maximum absolute atomic E-state index is 13.2. The number of fused-ring (bicyclic) bond motifs is 1. The molecule has 0 bridgehead atoms. The highest BCUT2D eigenvalue weighted by Gasteiger charge is 2.24. The number of hydrogen-bond acceptors (Lipinski definition) is 9. The van der Waals surface area contributed by atoms with Gasteiger partial charge in [0.05, 0.1) is 21.3 Å². The molecule has 0 atom stereocenters. The second-order valence-corrected chi connectivity index (χ2v) is 11.0. The predicted molar refractivity (Wildman–Crippen MR) is 150 cm³/mol. The van der Waals surface area contributed by atoms with Crippen LogP contribution in [0, 0.1) is 0 Å². The summed E-state index contributed by atoms with van der Waals surface area (Å²) in [6.07, 6.45) is 2.56.